The molecule has 2 N–H and O–H groups in total. The SMILES string of the molecule is CCCCCCCCCC(N)c1cc(C)c(Br)s1. The largest absolute Gasteiger partial charge is 0.323 e. The fourth-order valence-electron chi connectivity index (χ4n) is 2.13. The van der Waals surface area contributed by atoms with E-state index in [1.54, 1.807) is 11.3 Å². The first kappa shape index (κ1) is 16.2. The van der Waals surface area contributed by atoms with Crippen LogP contribution in [0.1, 0.15) is 74.8 Å². The van der Waals surface area contributed by atoms with Crippen molar-refractivity contribution in [3.63, 3.8) is 0 Å². The molecule has 0 radical (unpaired) electrons. The summed E-state index contributed by atoms with van der Waals surface area (Å²) < 4.78 is 1.23. The number of nitrogens with two attached hydrogens (primary N) is 1. The number of hydrogen-bond acceptors (Lipinski definition) is 2. The zero-order valence-corrected chi connectivity index (χ0v) is 14.1. The maximum Gasteiger partial charge on any atom is 0.0731 e. The Hall–Kier alpha value is 0.140. The van der Waals surface area contributed by atoms with E-state index in [1.807, 2.05) is 0 Å². The third kappa shape index (κ3) is 5.85. The van der Waals surface area contributed by atoms with Crippen molar-refractivity contribution in [2.24, 2.45) is 5.73 Å². The van der Waals surface area contributed by atoms with Crippen molar-refractivity contribution in [1.29, 1.82) is 0 Å². The lowest BCUT2D eigenvalue weighted by atomic mass is 10.0. The first-order valence-corrected chi connectivity index (χ1v) is 8.77. The summed E-state index contributed by atoms with van der Waals surface area (Å²) in [5.41, 5.74) is 7.54. The van der Waals surface area contributed by atoms with Crippen LogP contribution in [0.5, 0.6) is 0 Å². The van der Waals surface area contributed by atoms with Crippen LogP contribution in [-0.2, 0) is 0 Å². The van der Waals surface area contributed by atoms with Gasteiger partial charge < -0.3 is 5.73 Å². The summed E-state index contributed by atoms with van der Waals surface area (Å²) in [6.45, 7) is 4.39. The van der Waals surface area contributed by atoms with E-state index in [0.29, 0.717) is 0 Å². The molecule has 0 fully saturated rings. The smallest absolute Gasteiger partial charge is 0.0731 e. The van der Waals surface area contributed by atoms with E-state index in [2.05, 4.69) is 35.8 Å². The van der Waals surface area contributed by atoms with Crippen LogP contribution in [-0.4, -0.2) is 0 Å². The Morgan fingerprint density at radius 1 is 1.17 bits per heavy atom. The van der Waals surface area contributed by atoms with Crippen LogP contribution >= 0.6 is 27.3 Å². The molecule has 1 aromatic heterocycles. The second-order valence-electron chi connectivity index (χ2n) is 5.12. The molecule has 3 heteroatoms. The van der Waals surface area contributed by atoms with Crippen molar-refractivity contribution >= 4 is 27.3 Å². The van der Waals surface area contributed by atoms with Gasteiger partial charge in [0.1, 0.15) is 0 Å². The van der Waals surface area contributed by atoms with Gasteiger partial charge in [-0.3, -0.25) is 0 Å². The molecule has 1 atom stereocenters. The number of thiophene rings is 1. The van der Waals surface area contributed by atoms with Crippen molar-refractivity contribution in [2.45, 2.75) is 71.3 Å². The number of hydrogen-bond donors (Lipinski definition) is 1. The third-order valence-electron chi connectivity index (χ3n) is 3.36. The van der Waals surface area contributed by atoms with Gasteiger partial charge in [0.25, 0.3) is 0 Å². The zero-order valence-electron chi connectivity index (χ0n) is 11.7. The fourth-order valence-corrected chi connectivity index (χ4v) is 3.74. The van der Waals surface area contributed by atoms with E-state index < -0.39 is 0 Å². The fraction of sp³-hybridized carbons (Fsp3) is 0.733. The molecule has 0 amide bonds. The number of aryl methyl sites for hydroxylation is 1. The van der Waals surface area contributed by atoms with Gasteiger partial charge in [0.05, 0.1) is 3.79 Å². The summed E-state index contributed by atoms with van der Waals surface area (Å²) in [7, 11) is 0. The second kappa shape index (κ2) is 9.11. The van der Waals surface area contributed by atoms with Gasteiger partial charge in [-0.15, -0.1) is 11.3 Å². The quantitative estimate of drug-likeness (QED) is 0.555. The highest BCUT2D eigenvalue weighted by Gasteiger charge is 2.10. The molecule has 1 aromatic rings. The molecule has 18 heavy (non-hydrogen) atoms. The van der Waals surface area contributed by atoms with Crippen molar-refractivity contribution in [1.82, 2.24) is 0 Å². The highest BCUT2D eigenvalue weighted by Crippen LogP contribution is 2.32. The molecule has 0 bridgehead atoms. The predicted octanol–water partition coefficient (Wildman–Crippen LogP) is 5.96. The number of halogens is 1. The first-order valence-electron chi connectivity index (χ1n) is 7.16. The Morgan fingerprint density at radius 3 is 2.33 bits per heavy atom. The van der Waals surface area contributed by atoms with Crippen LogP contribution in [0.15, 0.2) is 9.85 Å². The summed E-state index contributed by atoms with van der Waals surface area (Å²) >= 11 is 5.35. The maximum absolute atomic E-state index is 6.23. The summed E-state index contributed by atoms with van der Waals surface area (Å²) in [5.74, 6) is 0. The molecule has 0 aliphatic rings. The minimum Gasteiger partial charge on any atom is -0.323 e. The average molecular weight is 332 g/mol. The van der Waals surface area contributed by atoms with Gasteiger partial charge in [-0.05, 0) is 40.9 Å². The van der Waals surface area contributed by atoms with Crippen LogP contribution in [0, 0.1) is 6.92 Å². The van der Waals surface area contributed by atoms with E-state index in [4.69, 9.17) is 5.73 Å². The highest BCUT2D eigenvalue weighted by atomic mass is 79.9. The molecule has 1 rings (SSSR count). The van der Waals surface area contributed by atoms with Gasteiger partial charge in [0.2, 0.25) is 0 Å². The molecule has 0 saturated carbocycles. The third-order valence-corrected chi connectivity index (χ3v) is 5.63. The summed E-state index contributed by atoms with van der Waals surface area (Å²) in [6, 6.07) is 2.45. The van der Waals surface area contributed by atoms with Crippen molar-refractivity contribution in [3.05, 3.63) is 20.3 Å². The Kier molecular flexibility index (Phi) is 8.20. The normalized spacial score (nSPS) is 12.9. The van der Waals surface area contributed by atoms with E-state index >= 15 is 0 Å². The molecule has 0 aliphatic heterocycles. The van der Waals surface area contributed by atoms with Gasteiger partial charge >= 0.3 is 0 Å². The second-order valence-corrected chi connectivity index (χ2v) is 7.52. The van der Waals surface area contributed by atoms with Crippen LogP contribution in [0.25, 0.3) is 0 Å². The average Bonchev–Trinajstić information content (AvgIpc) is 2.68. The lowest BCUT2D eigenvalue weighted by Gasteiger charge is -2.09. The van der Waals surface area contributed by atoms with Crippen molar-refractivity contribution in [3.8, 4) is 0 Å². The number of unbranched alkanes of at least 4 members (excludes halogenated alkanes) is 6. The van der Waals surface area contributed by atoms with Crippen LogP contribution in [0.3, 0.4) is 0 Å². The Balaban J connectivity index is 2.12. The van der Waals surface area contributed by atoms with Crippen molar-refractivity contribution < 1.29 is 0 Å². The van der Waals surface area contributed by atoms with E-state index in [-0.39, 0.29) is 6.04 Å². The molecule has 104 valence electrons. The van der Waals surface area contributed by atoms with E-state index in [0.717, 1.165) is 6.42 Å². The predicted molar refractivity (Wildman–Crippen MR) is 86.3 cm³/mol. The van der Waals surface area contributed by atoms with Crippen LogP contribution < -0.4 is 5.73 Å². The molecule has 0 spiro atoms. The zero-order chi connectivity index (χ0) is 13.4. The van der Waals surface area contributed by atoms with Gasteiger partial charge in [0, 0.05) is 10.9 Å². The molecule has 1 nitrogen and oxygen atoms in total. The maximum atomic E-state index is 6.23. The monoisotopic (exact) mass is 331 g/mol. The van der Waals surface area contributed by atoms with Gasteiger partial charge in [0.15, 0.2) is 0 Å². The minimum absolute atomic E-state index is 0.232. The Bertz CT molecular complexity index is 316. The van der Waals surface area contributed by atoms with Crippen LogP contribution in [0.4, 0.5) is 0 Å². The van der Waals surface area contributed by atoms with E-state index in [9.17, 15) is 0 Å². The molecule has 0 aliphatic carbocycles. The minimum atomic E-state index is 0.232. The topological polar surface area (TPSA) is 26.0 Å². The van der Waals surface area contributed by atoms with E-state index in [1.165, 1.54) is 59.2 Å². The standard InChI is InChI=1S/C15H26BrNS/c1-3-4-5-6-7-8-9-10-13(17)14-11-12(2)15(16)18-14/h11,13H,3-10,17H2,1-2H3. The summed E-state index contributed by atoms with van der Waals surface area (Å²) in [6.07, 6.45) is 10.6. The summed E-state index contributed by atoms with van der Waals surface area (Å²) in [5, 5.41) is 0. The van der Waals surface area contributed by atoms with Gasteiger partial charge in [-0.2, -0.15) is 0 Å². The molecule has 1 unspecified atom stereocenters. The molecule has 0 saturated heterocycles. The molecule has 1 heterocycles. The lowest BCUT2D eigenvalue weighted by molar-refractivity contribution is 0.544. The number of rotatable bonds is 9. The first-order chi connectivity index (χ1) is 8.65. The molecular weight excluding hydrogens is 306 g/mol. The molecular formula is C15H26BrNS. The van der Waals surface area contributed by atoms with Crippen LogP contribution in [0.2, 0.25) is 0 Å². The van der Waals surface area contributed by atoms with Gasteiger partial charge in [-0.25, -0.2) is 0 Å². The lowest BCUT2D eigenvalue weighted by Crippen LogP contribution is -2.08. The Morgan fingerprint density at radius 2 is 1.78 bits per heavy atom. The summed E-state index contributed by atoms with van der Waals surface area (Å²) in [4.78, 5) is 1.32. The molecule has 0 aromatic carbocycles. The highest BCUT2D eigenvalue weighted by molar-refractivity contribution is 9.11. The Labute approximate surface area is 124 Å². The van der Waals surface area contributed by atoms with Gasteiger partial charge in [-0.1, -0.05) is 51.9 Å². The van der Waals surface area contributed by atoms with Crippen molar-refractivity contribution in [2.75, 3.05) is 0 Å².